The molecule has 0 aliphatic carbocycles. The third-order valence-corrected chi connectivity index (χ3v) is 4.20. The highest BCUT2D eigenvalue weighted by Crippen LogP contribution is 2.35. The van der Waals surface area contributed by atoms with E-state index < -0.39 is 0 Å². The first-order chi connectivity index (χ1) is 11.7. The predicted octanol–water partition coefficient (Wildman–Crippen LogP) is 3.48. The average molecular weight is 321 g/mol. The van der Waals surface area contributed by atoms with Crippen LogP contribution in [0.5, 0.6) is 0 Å². The van der Waals surface area contributed by atoms with Gasteiger partial charge in [-0.05, 0) is 37.2 Å². The summed E-state index contributed by atoms with van der Waals surface area (Å²) in [4.78, 5) is 9.67. The van der Waals surface area contributed by atoms with Crippen molar-refractivity contribution in [3.8, 4) is 22.3 Å². The third-order valence-electron chi connectivity index (χ3n) is 4.20. The molecule has 0 bridgehead atoms. The van der Waals surface area contributed by atoms with Crippen molar-refractivity contribution < 1.29 is 5.11 Å². The van der Waals surface area contributed by atoms with Crippen molar-refractivity contribution in [1.29, 1.82) is 0 Å². The molecule has 2 heterocycles. The second kappa shape index (κ2) is 7.43. The number of benzene rings is 1. The smallest absolute Gasteiger partial charge is 0.0558 e. The maximum atomic E-state index is 9.15. The first-order valence-corrected chi connectivity index (χ1v) is 8.16. The van der Waals surface area contributed by atoms with Gasteiger partial charge in [0.2, 0.25) is 0 Å². The van der Waals surface area contributed by atoms with Crippen molar-refractivity contribution in [2.45, 2.75) is 13.5 Å². The van der Waals surface area contributed by atoms with Gasteiger partial charge >= 0.3 is 0 Å². The summed E-state index contributed by atoms with van der Waals surface area (Å²) < 4.78 is 0. The van der Waals surface area contributed by atoms with Crippen LogP contribution in [-0.4, -0.2) is 40.2 Å². The monoisotopic (exact) mass is 321 g/mol. The number of likely N-dealkylation sites (N-methyl/N-ethyl adjacent to an activating group) is 1. The fourth-order valence-corrected chi connectivity index (χ4v) is 2.92. The maximum Gasteiger partial charge on any atom is 0.0558 e. The summed E-state index contributed by atoms with van der Waals surface area (Å²) in [6.07, 6.45) is 5.72. The zero-order valence-electron chi connectivity index (χ0n) is 14.2. The van der Waals surface area contributed by atoms with Gasteiger partial charge in [0.25, 0.3) is 0 Å². The van der Waals surface area contributed by atoms with Gasteiger partial charge in [-0.1, -0.05) is 29.8 Å². The fourth-order valence-electron chi connectivity index (χ4n) is 2.92. The molecule has 4 nitrogen and oxygen atoms in total. The van der Waals surface area contributed by atoms with Crippen LogP contribution < -0.4 is 0 Å². The highest BCUT2D eigenvalue weighted by Gasteiger charge is 2.16. The van der Waals surface area contributed by atoms with Gasteiger partial charge in [0, 0.05) is 48.5 Å². The van der Waals surface area contributed by atoms with Gasteiger partial charge in [-0.3, -0.25) is 9.88 Å². The Morgan fingerprint density at radius 2 is 1.75 bits per heavy atom. The first kappa shape index (κ1) is 16.4. The number of hydrogen-bond donors (Lipinski definition) is 2. The average Bonchev–Trinajstić information content (AvgIpc) is 3.00. The molecular formula is C20H23N3O. The number of aryl methyl sites for hydroxylation is 1. The minimum absolute atomic E-state index is 0.159. The van der Waals surface area contributed by atoms with Crippen molar-refractivity contribution in [3.05, 3.63) is 66.2 Å². The van der Waals surface area contributed by atoms with Gasteiger partial charge in [-0.2, -0.15) is 0 Å². The first-order valence-electron chi connectivity index (χ1n) is 8.16. The largest absolute Gasteiger partial charge is 0.395 e. The molecule has 0 aliphatic heterocycles. The molecule has 124 valence electrons. The standard InChI is InChI=1S/C20H23N3O/c1-15-3-5-16(6-4-15)18-13-22-19(14-23(2)11-12-24)20(18)17-7-9-21-10-8-17/h3-10,13,22,24H,11-12,14H2,1-2H3. The second-order valence-electron chi connectivity index (χ2n) is 6.12. The number of aromatic nitrogens is 2. The normalized spacial score (nSPS) is 11.2. The molecule has 0 saturated carbocycles. The Labute approximate surface area is 142 Å². The molecule has 0 spiro atoms. The summed E-state index contributed by atoms with van der Waals surface area (Å²) in [7, 11) is 2.01. The van der Waals surface area contributed by atoms with Crippen LogP contribution >= 0.6 is 0 Å². The van der Waals surface area contributed by atoms with E-state index in [9.17, 15) is 0 Å². The van der Waals surface area contributed by atoms with Gasteiger partial charge in [0.1, 0.15) is 0 Å². The van der Waals surface area contributed by atoms with Crippen LogP contribution in [0.25, 0.3) is 22.3 Å². The minimum Gasteiger partial charge on any atom is -0.395 e. The molecule has 3 rings (SSSR count). The summed E-state index contributed by atoms with van der Waals surface area (Å²) in [5.41, 5.74) is 7.13. The summed E-state index contributed by atoms with van der Waals surface area (Å²) in [6, 6.07) is 12.7. The molecular weight excluding hydrogens is 298 g/mol. The Morgan fingerprint density at radius 3 is 2.42 bits per heavy atom. The van der Waals surface area contributed by atoms with Gasteiger partial charge < -0.3 is 10.1 Å². The van der Waals surface area contributed by atoms with E-state index in [0.29, 0.717) is 6.54 Å². The quantitative estimate of drug-likeness (QED) is 0.731. The van der Waals surface area contributed by atoms with Crippen LogP contribution in [0.4, 0.5) is 0 Å². The van der Waals surface area contributed by atoms with Gasteiger partial charge in [-0.25, -0.2) is 0 Å². The molecule has 0 fully saturated rings. The van der Waals surface area contributed by atoms with E-state index in [4.69, 9.17) is 5.11 Å². The Kier molecular flexibility index (Phi) is 5.08. The SMILES string of the molecule is Cc1ccc(-c2c[nH]c(CN(C)CCO)c2-c2ccncc2)cc1. The number of pyridine rings is 1. The summed E-state index contributed by atoms with van der Waals surface area (Å²) in [5.74, 6) is 0. The Hall–Kier alpha value is -2.43. The lowest BCUT2D eigenvalue weighted by Gasteiger charge is -2.16. The Morgan fingerprint density at radius 1 is 1.04 bits per heavy atom. The number of hydrogen-bond acceptors (Lipinski definition) is 3. The van der Waals surface area contributed by atoms with Gasteiger partial charge in [0.05, 0.1) is 6.61 Å². The lowest BCUT2D eigenvalue weighted by molar-refractivity contribution is 0.216. The van der Waals surface area contributed by atoms with E-state index in [-0.39, 0.29) is 6.61 Å². The van der Waals surface area contributed by atoms with Crippen LogP contribution in [-0.2, 0) is 6.54 Å². The molecule has 2 N–H and O–H groups in total. The van der Waals surface area contributed by atoms with Crippen molar-refractivity contribution in [2.75, 3.05) is 20.2 Å². The van der Waals surface area contributed by atoms with Crippen molar-refractivity contribution in [3.63, 3.8) is 0 Å². The summed E-state index contributed by atoms with van der Waals surface area (Å²) in [5, 5.41) is 9.15. The molecule has 0 saturated heterocycles. The molecule has 1 aromatic carbocycles. The van der Waals surface area contributed by atoms with Crippen molar-refractivity contribution in [1.82, 2.24) is 14.9 Å². The zero-order chi connectivity index (χ0) is 16.9. The molecule has 2 aromatic heterocycles. The lowest BCUT2D eigenvalue weighted by atomic mass is 9.96. The molecule has 3 aromatic rings. The van der Waals surface area contributed by atoms with E-state index in [1.165, 1.54) is 22.3 Å². The molecule has 0 aliphatic rings. The van der Waals surface area contributed by atoms with Crippen LogP contribution in [0.15, 0.2) is 55.0 Å². The van der Waals surface area contributed by atoms with Gasteiger partial charge in [0.15, 0.2) is 0 Å². The van der Waals surface area contributed by atoms with Crippen LogP contribution in [0.2, 0.25) is 0 Å². The van der Waals surface area contributed by atoms with Crippen molar-refractivity contribution in [2.24, 2.45) is 0 Å². The van der Waals surface area contributed by atoms with E-state index in [0.717, 1.165) is 17.8 Å². The Bertz CT molecular complexity index is 778. The lowest BCUT2D eigenvalue weighted by Crippen LogP contribution is -2.22. The van der Waals surface area contributed by atoms with E-state index in [1.54, 1.807) is 0 Å². The predicted molar refractivity (Wildman–Crippen MR) is 97.6 cm³/mol. The number of nitrogens with one attached hydrogen (secondary N) is 1. The molecule has 0 amide bonds. The number of aliphatic hydroxyl groups is 1. The van der Waals surface area contributed by atoms with Crippen molar-refractivity contribution >= 4 is 0 Å². The number of aliphatic hydroxyl groups excluding tert-OH is 1. The van der Waals surface area contributed by atoms with Crippen LogP contribution in [0, 0.1) is 6.92 Å². The van der Waals surface area contributed by atoms with E-state index in [1.807, 2.05) is 31.6 Å². The summed E-state index contributed by atoms with van der Waals surface area (Å²) >= 11 is 0. The van der Waals surface area contributed by atoms with E-state index >= 15 is 0 Å². The Balaban J connectivity index is 2.06. The highest BCUT2D eigenvalue weighted by atomic mass is 16.3. The molecule has 24 heavy (non-hydrogen) atoms. The van der Waals surface area contributed by atoms with Crippen LogP contribution in [0.1, 0.15) is 11.3 Å². The highest BCUT2D eigenvalue weighted by molar-refractivity contribution is 5.85. The maximum absolute atomic E-state index is 9.15. The molecule has 0 radical (unpaired) electrons. The van der Waals surface area contributed by atoms with E-state index in [2.05, 4.69) is 52.3 Å². The minimum atomic E-state index is 0.159. The number of nitrogens with zero attached hydrogens (tertiary/aromatic N) is 2. The molecule has 0 unspecified atom stereocenters. The second-order valence-corrected chi connectivity index (χ2v) is 6.12. The summed E-state index contributed by atoms with van der Waals surface area (Å²) in [6.45, 7) is 3.66. The molecule has 0 atom stereocenters. The molecule has 4 heteroatoms. The fraction of sp³-hybridized carbons (Fsp3) is 0.250. The third kappa shape index (κ3) is 3.55. The number of rotatable bonds is 6. The topological polar surface area (TPSA) is 52.2 Å². The van der Waals surface area contributed by atoms with Crippen LogP contribution in [0.3, 0.4) is 0 Å². The number of H-pyrrole nitrogens is 1. The number of aromatic amines is 1. The van der Waals surface area contributed by atoms with Gasteiger partial charge in [-0.15, -0.1) is 0 Å². The zero-order valence-corrected chi connectivity index (χ0v) is 14.2.